The smallest absolute Gasteiger partial charge is 0.408 e. The van der Waals surface area contributed by atoms with E-state index in [0.717, 1.165) is 13.0 Å². The van der Waals surface area contributed by atoms with E-state index < -0.39 is 5.76 Å². The van der Waals surface area contributed by atoms with Crippen molar-refractivity contribution in [2.45, 2.75) is 12.5 Å². The molecule has 0 bridgehead atoms. The van der Waals surface area contributed by atoms with Crippen molar-refractivity contribution < 1.29 is 9.21 Å². The van der Waals surface area contributed by atoms with Crippen molar-refractivity contribution >= 4 is 28.4 Å². The highest BCUT2D eigenvalue weighted by Gasteiger charge is 2.29. The Balaban J connectivity index is 1.94. The van der Waals surface area contributed by atoms with Gasteiger partial charge in [0.05, 0.1) is 16.9 Å². The zero-order chi connectivity index (χ0) is 13.6. The normalized spacial score (nSPS) is 19.3. The maximum absolute atomic E-state index is 11.8. The van der Waals surface area contributed by atoms with Crippen LogP contribution in [-0.2, 0) is 4.79 Å². The highest BCUT2D eigenvalue weighted by atomic mass is 16.4. The standard InChI is InChI=1S/C12H14N4O3/c1-16-3-2-7(11(16)17)14-8-5-9-10(4-6(8)13)19-12(18)15-9/h4-5,7,14H,2-3,13H2,1H3,(H,15,18). The van der Waals surface area contributed by atoms with Crippen molar-refractivity contribution in [1.29, 1.82) is 0 Å². The van der Waals surface area contributed by atoms with E-state index in [4.69, 9.17) is 10.2 Å². The maximum Gasteiger partial charge on any atom is 0.417 e. The Morgan fingerprint density at radius 3 is 2.95 bits per heavy atom. The molecule has 1 aromatic heterocycles. The first-order valence-corrected chi connectivity index (χ1v) is 5.98. The quantitative estimate of drug-likeness (QED) is 0.677. The third-order valence-electron chi connectivity index (χ3n) is 3.35. The molecule has 1 aliphatic heterocycles. The Labute approximate surface area is 108 Å². The van der Waals surface area contributed by atoms with Gasteiger partial charge in [0.2, 0.25) is 5.91 Å². The van der Waals surface area contributed by atoms with Gasteiger partial charge in [-0.15, -0.1) is 0 Å². The van der Waals surface area contributed by atoms with Gasteiger partial charge in [-0.25, -0.2) is 4.79 Å². The second-order valence-electron chi connectivity index (χ2n) is 4.70. The summed E-state index contributed by atoms with van der Waals surface area (Å²) in [5.41, 5.74) is 7.92. The molecule has 1 fully saturated rings. The summed E-state index contributed by atoms with van der Waals surface area (Å²) < 4.78 is 4.92. The second kappa shape index (κ2) is 4.04. The number of hydrogen-bond donors (Lipinski definition) is 3. The van der Waals surface area contributed by atoms with Crippen LogP contribution >= 0.6 is 0 Å². The molecular formula is C12H14N4O3. The van der Waals surface area contributed by atoms with Crippen LogP contribution in [-0.4, -0.2) is 35.4 Å². The van der Waals surface area contributed by atoms with Gasteiger partial charge in [-0.2, -0.15) is 0 Å². The molecule has 7 heteroatoms. The lowest BCUT2D eigenvalue weighted by atomic mass is 10.2. The van der Waals surface area contributed by atoms with Gasteiger partial charge >= 0.3 is 5.76 Å². The van der Waals surface area contributed by atoms with Crippen LogP contribution in [0.5, 0.6) is 0 Å². The second-order valence-corrected chi connectivity index (χ2v) is 4.70. The number of likely N-dealkylation sites (N-methyl/N-ethyl adjacent to an activating group) is 1. The van der Waals surface area contributed by atoms with Crippen molar-refractivity contribution in [2.75, 3.05) is 24.6 Å². The SMILES string of the molecule is CN1CCC(Nc2cc3[nH]c(=O)oc3cc2N)C1=O. The minimum atomic E-state index is -0.525. The number of oxazole rings is 1. The van der Waals surface area contributed by atoms with Crippen LogP contribution in [0, 0.1) is 0 Å². The zero-order valence-corrected chi connectivity index (χ0v) is 10.4. The Morgan fingerprint density at radius 1 is 1.47 bits per heavy atom. The Hall–Kier alpha value is -2.44. The van der Waals surface area contributed by atoms with Crippen molar-refractivity contribution in [3.8, 4) is 0 Å². The number of amides is 1. The van der Waals surface area contributed by atoms with E-state index in [-0.39, 0.29) is 11.9 Å². The number of benzene rings is 1. The summed E-state index contributed by atoms with van der Waals surface area (Å²) in [4.78, 5) is 27.2. The molecular weight excluding hydrogens is 248 g/mol. The lowest BCUT2D eigenvalue weighted by molar-refractivity contribution is -0.127. The topological polar surface area (TPSA) is 104 Å². The number of anilines is 2. The fourth-order valence-electron chi connectivity index (χ4n) is 2.28. The van der Waals surface area contributed by atoms with Gasteiger partial charge in [-0.1, -0.05) is 0 Å². The number of nitrogen functional groups attached to an aromatic ring is 1. The molecule has 4 N–H and O–H groups in total. The number of H-pyrrole nitrogens is 1. The molecule has 0 spiro atoms. The summed E-state index contributed by atoms with van der Waals surface area (Å²) >= 11 is 0. The van der Waals surface area contributed by atoms with Crippen LogP contribution in [0.1, 0.15) is 6.42 Å². The minimum absolute atomic E-state index is 0.0418. The third kappa shape index (κ3) is 1.92. The third-order valence-corrected chi connectivity index (χ3v) is 3.35. The number of aromatic amines is 1. The summed E-state index contributed by atoms with van der Waals surface area (Å²) in [7, 11) is 1.77. The largest absolute Gasteiger partial charge is 0.417 e. The number of aromatic nitrogens is 1. The van der Waals surface area contributed by atoms with Gasteiger partial charge in [-0.3, -0.25) is 9.78 Å². The van der Waals surface area contributed by atoms with Gasteiger partial charge in [0.15, 0.2) is 5.58 Å². The molecule has 1 aliphatic rings. The Bertz CT molecular complexity index is 703. The van der Waals surface area contributed by atoms with Gasteiger partial charge in [-0.05, 0) is 12.5 Å². The lowest BCUT2D eigenvalue weighted by Gasteiger charge is -2.15. The number of carbonyl (C=O) groups excluding carboxylic acids is 1. The monoisotopic (exact) mass is 262 g/mol. The first-order valence-electron chi connectivity index (χ1n) is 5.98. The molecule has 1 atom stereocenters. The molecule has 3 rings (SSSR count). The fraction of sp³-hybridized carbons (Fsp3) is 0.333. The van der Waals surface area contributed by atoms with Crippen LogP contribution in [0.15, 0.2) is 21.3 Å². The van der Waals surface area contributed by atoms with Crippen molar-refractivity contribution in [2.24, 2.45) is 0 Å². The van der Waals surface area contributed by atoms with Crippen LogP contribution in [0.2, 0.25) is 0 Å². The van der Waals surface area contributed by atoms with E-state index in [1.165, 1.54) is 0 Å². The Morgan fingerprint density at radius 2 is 2.26 bits per heavy atom. The summed E-state index contributed by atoms with van der Waals surface area (Å²) in [6.07, 6.45) is 0.731. The predicted octanol–water partition coefficient (Wildman–Crippen LogP) is 0.346. The van der Waals surface area contributed by atoms with Crippen molar-refractivity contribution in [3.05, 3.63) is 22.7 Å². The van der Waals surface area contributed by atoms with Gasteiger partial charge in [0, 0.05) is 19.7 Å². The molecule has 0 saturated carbocycles. The molecule has 1 saturated heterocycles. The van der Waals surface area contributed by atoms with Gasteiger partial charge in [0.25, 0.3) is 0 Å². The number of carbonyl (C=O) groups is 1. The van der Waals surface area contributed by atoms with Crippen LogP contribution in [0.4, 0.5) is 11.4 Å². The summed E-state index contributed by atoms with van der Waals surface area (Å²) in [6, 6.07) is 2.98. The van der Waals surface area contributed by atoms with Gasteiger partial charge < -0.3 is 20.4 Å². The fourth-order valence-corrected chi connectivity index (χ4v) is 2.28. The summed E-state index contributed by atoms with van der Waals surface area (Å²) in [5, 5.41) is 3.11. The molecule has 1 aromatic carbocycles. The highest BCUT2D eigenvalue weighted by molar-refractivity contribution is 5.90. The number of likely N-dealkylation sites (tertiary alicyclic amines) is 1. The van der Waals surface area contributed by atoms with Crippen molar-refractivity contribution in [3.63, 3.8) is 0 Å². The molecule has 100 valence electrons. The molecule has 2 aromatic rings. The number of nitrogens with zero attached hydrogens (tertiary/aromatic N) is 1. The number of nitrogens with one attached hydrogen (secondary N) is 2. The average molecular weight is 262 g/mol. The summed E-state index contributed by atoms with van der Waals surface area (Å²) in [5.74, 6) is -0.483. The van der Waals surface area contributed by atoms with E-state index >= 15 is 0 Å². The molecule has 0 aliphatic carbocycles. The maximum atomic E-state index is 11.8. The predicted molar refractivity (Wildman–Crippen MR) is 70.9 cm³/mol. The average Bonchev–Trinajstić information content (AvgIpc) is 2.85. The molecule has 2 heterocycles. The molecule has 19 heavy (non-hydrogen) atoms. The molecule has 1 amide bonds. The minimum Gasteiger partial charge on any atom is -0.408 e. The van der Waals surface area contributed by atoms with E-state index in [1.807, 2.05) is 0 Å². The van der Waals surface area contributed by atoms with Crippen LogP contribution in [0.3, 0.4) is 0 Å². The van der Waals surface area contributed by atoms with E-state index in [1.54, 1.807) is 24.1 Å². The Kier molecular flexibility index (Phi) is 2.48. The first kappa shape index (κ1) is 11.6. The molecule has 1 unspecified atom stereocenters. The van der Waals surface area contributed by atoms with Crippen LogP contribution < -0.4 is 16.8 Å². The summed E-state index contributed by atoms with van der Waals surface area (Å²) in [6.45, 7) is 0.723. The van der Waals surface area contributed by atoms with E-state index in [9.17, 15) is 9.59 Å². The van der Waals surface area contributed by atoms with Crippen LogP contribution in [0.25, 0.3) is 11.1 Å². The zero-order valence-electron chi connectivity index (χ0n) is 10.4. The number of hydrogen-bond acceptors (Lipinski definition) is 5. The number of fused-ring (bicyclic) bond motifs is 1. The number of rotatable bonds is 2. The van der Waals surface area contributed by atoms with E-state index in [0.29, 0.717) is 22.5 Å². The molecule has 0 radical (unpaired) electrons. The van der Waals surface area contributed by atoms with E-state index in [2.05, 4.69) is 10.3 Å². The number of nitrogens with two attached hydrogens (primary N) is 1. The first-order chi connectivity index (χ1) is 9.04. The lowest BCUT2D eigenvalue weighted by Crippen LogP contribution is -2.31. The highest BCUT2D eigenvalue weighted by Crippen LogP contribution is 2.26. The van der Waals surface area contributed by atoms with Crippen molar-refractivity contribution in [1.82, 2.24) is 9.88 Å². The molecule has 7 nitrogen and oxygen atoms in total. The van der Waals surface area contributed by atoms with Gasteiger partial charge in [0.1, 0.15) is 6.04 Å².